The van der Waals surface area contributed by atoms with Crippen molar-refractivity contribution >= 4 is 5.91 Å². The first kappa shape index (κ1) is 14.4. The van der Waals surface area contributed by atoms with E-state index < -0.39 is 0 Å². The van der Waals surface area contributed by atoms with Crippen molar-refractivity contribution in [2.24, 2.45) is 5.92 Å². The van der Waals surface area contributed by atoms with E-state index in [4.69, 9.17) is 9.47 Å². The van der Waals surface area contributed by atoms with Crippen LogP contribution in [0.5, 0.6) is 5.75 Å². The minimum Gasteiger partial charge on any atom is -0.497 e. The van der Waals surface area contributed by atoms with Crippen molar-refractivity contribution < 1.29 is 14.3 Å². The Morgan fingerprint density at radius 3 is 2.90 bits per heavy atom. The van der Waals surface area contributed by atoms with Crippen LogP contribution in [0.25, 0.3) is 0 Å². The molecule has 2 aliphatic rings. The maximum absolute atomic E-state index is 12.0. The van der Waals surface area contributed by atoms with Crippen molar-refractivity contribution in [2.45, 2.75) is 44.2 Å². The molecule has 0 radical (unpaired) electrons. The van der Waals surface area contributed by atoms with Gasteiger partial charge >= 0.3 is 0 Å². The molecule has 2 fully saturated rings. The number of carbonyl (C=O) groups excluding carboxylic acids is 1. The molecule has 1 heterocycles. The summed E-state index contributed by atoms with van der Waals surface area (Å²) in [6.07, 6.45) is 4.92. The molecular formula is C17H23NO3. The number of hydrogen-bond donors (Lipinski definition) is 1. The first-order chi connectivity index (χ1) is 10.3. The summed E-state index contributed by atoms with van der Waals surface area (Å²) in [5.41, 5.74) is 1.25. The third-order valence-corrected chi connectivity index (χ3v) is 4.64. The fourth-order valence-corrected chi connectivity index (χ4v) is 3.29. The van der Waals surface area contributed by atoms with Crippen molar-refractivity contribution in [1.82, 2.24) is 5.32 Å². The number of fused-ring (bicyclic) bond motifs is 1. The molecule has 0 bridgehead atoms. The summed E-state index contributed by atoms with van der Waals surface area (Å²) in [6, 6.07) is 8.39. The first-order valence-corrected chi connectivity index (χ1v) is 7.80. The highest BCUT2D eigenvalue weighted by molar-refractivity contribution is 5.76. The van der Waals surface area contributed by atoms with Gasteiger partial charge in [0, 0.05) is 25.0 Å². The molecule has 21 heavy (non-hydrogen) atoms. The number of carbonyl (C=O) groups is 1. The van der Waals surface area contributed by atoms with Crippen LogP contribution in [0.4, 0.5) is 0 Å². The summed E-state index contributed by atoms with van der Waals surface area (Å²) in [7, 11) is 1.67. The molecule has 1 saturated heterocycles. The van der Waals surface area contributed by atoms with Gasteiger partial charge in [-0.25, -0.2) is 0 Å². The SMILES string of the molecule is COc1ccc(CCCC(=O)N[C@H]2C[C@@H]3OCC[C@H]23)cc1. The molecule has 0 aromatic heterocycles. The Morgan fingerprint density at radius 2 is 2.19 bits per heavy atom. The lowest BCUT2D eigenvalue weighted by molar-refractivity contribution is -0.124. The molecule has 1 aliphatic carbocycles. The van der Waals surface area contributed by atoms with Crippen LogP contribution in [0, 0.1) is 5.92 Å². The Kier molecular flexibility index (Phi) is 4.44. The van der Waals surface area contributed by atoms with Gasteiger partial charge in [0.1, 0.15) is 5.75 Å². The number of ether oxygens (including phenoxy) is 2. The lowest BCUT2D eigenvalue weighted by Gasteiger charge is -2.39. The monoisotopic (exact) mass is 289 g/mol. The molecule has 1 N–H and O–H groups in total. The second kappa shape index (κ2) is 6.48. The Hall–Kier alpha value is -1.55. The largest absolute Gasteiger partial charge is 0.497 e. The second-order valence-corrected chi connectivity index (χ2v) is 5.97. The standard InChI is InChI=1S/C17H23NO3/c1-20-13-7-5-12(6-8-13)3-2-4-17(19)18-15-11-16-14(15)9-10-21-16/h5-8,14-16H,2-4,9-11H2,1H3,(H,18,19)/t14-,15+,16+/m1/s1. The molecule has 114 valence electrons. The number of aryl methyl sites for hydroxylation is 1. The van der Waals surface area contributed by atoms with Crippen LogP contribution in [0.1, 0.15) is 31.2 Å². The van der Waals surface area contributed by atoms with E-state index in [1.807, 2.05) is 12.1 Å². The molecule has 0 spiro atoms. The van der Waals surface area contributed by atoms with Crippen LogP contribution in [0.15, 0.2) is 24.3 Å². The van der Waals surface area contributed by atoms with Gasteiger partial charge in [-0.05, 0) is 43.4 Å². The van der Waals surface area contributed by atoms with Gasteiger partial charge in [-0.2, -0.15) is 0 Å². The molecule has 1 aromatic carbocycles. The molecule has 3 rings (SSSR count). The topological polar surface area (TPSA) is 47.6 Å². The van der Waals surface area contributed by atoms with Gasteiger partial charge in [-0.3, -0.25) is 4.79 Å². The minimum atomic E-state index is 0.180. The fraction of sp³-hybridized carbons (Fsp3) is 0.588. The van der Waals surface area contributed by atoms with Crippen LogP contribution < -0.4 is 10.1 Å². The summed E-state index contributed by atoms with van der Waals surface area (Å²) in [5, 5.41) is 3.15. The van der Waals surface area contributed by atoms with E-state index in [1.165, 1.54) is 5.56 Å². The molecule has 1 saturated carbocycles. The van der Waals surface area contributed by atoms with Crippen LogP contribution in [0.2, 0.25) is 0 Å². The maximum Gasteiger partial charge on any atom is 0.220 e. The number of methoxy groups -OCH3 is 1. The maximum atomic E-state index is 12.0. The predicted octanol–water partition coefficient (Wildman–Crippen LogP) is 2.31. The Bertz CT molecular complexity index is 485. The van der Waals surface area contributed by atoms with Gasteiger partial charge in [0.2, 0.25) is 5.91 Å². The molecular weight excluding hydrogens is 266 g/mol. The lowest BCUT2D eigenvalue weighted by atomic mass is 9.76. The number of amides is 1. The Morgan fingerprint density at radius 1 is 1.38 bits per heavy atom. The van der Waals surface area contributed by atoms with Gasteiger partial charge in [0.25, 0.3) is 0 Å². The van der Waals surface area contributed by atoms with Gasteiger partial charge in [-0.1, -0.05) is 12.1 Å². The highest BCUT2D eigenvalue weighted by Gasteiger charge is 2.45. The van der Waals surface area contributed by atoms with Crippen molar-refractivity contribution in [1.29, 1.82) is 0 Å². The summed E-state index contributed by atoms with van der Waals surface area (Å²) in [4.78, 5) is 12.0. The average molecular weight is 289 g/mol. The van der Waals surface area contributed by atoms with E-state index in [1.54, 1.807) is 7.11 Å². The van der Waals surface area contributed by atoms with Crippen molar-refractivity contribution in [3.8, 4) is 5.75 Å². The number of rotatable bonds is 6. The fourth-order valence-electron chi connectivity index (χ4n) is 3.29. The smallest absolute Gasteiger partial charge is 0.220 e. The molecule has 1 aromatic rings. The number of nitrogens with one attached hydrogen (secondary N) is 1. The first-order valence-electron chi connectivity index (χ1n) is 7.80. The van der Waals surface area contributed by atoms with Gasteiger partial charge < -0.3 is 14.8 Å². The van der Waals surface area contributed by atoms with Gasteiger partial charge in [0.05, 0.1) is 13.2 Å². The van der Waals surface area contributed by atoms with Gasteiger partial charge in [0.15, 0.2) is 0 Å². The number of hydrogen-bond acceptors (Lipinski definition) is 3. The normalized spacial score (nSPS) is 26.8. The van der Waals surface area contributed by atoms with E-state index in [2.05, 4.69) is 17.4 Å². The molecule has 3 atom stereocenters. The third-order valence-electron chi connectivity index (χ3n) is 4.64. The highest BCUT2D eigenvalue weighted by Crippen LogP contribution is 2.38. The highest BCUT2D eigenvalue weighted by atomic mass is 16.5. The molecule has 4 heteroatoms. The van der Waals surface area contributed by atoms with Crippen LogP contribution >= 0.6 is 0 Å². The van der Waals surface area contributed by atoms with Crippen LogP contribution in [0.3, 0.4) is 0 Å². The molecule has 4 nitrogen and oxygen atoms in total. The van der Waals surface area contributed by atoms with E-state index in [0.29, 0.717) is 24.5 Å². The summed E-state index contributed by atoms with van der Waals surface area (Å²) in [5.74, 6) is 1.62. The Balaban J connectivity index is 1.36. The van der Waals surface area contributed by atoms with Crippen LogP contribution in [-0.4, -0.2) is 31.8 Å². The van der Waals surface area contributed by atoms with E-state index >= 15 is 0 Å². The minimum absolute atomic E-state index is 0.180. The van der Waals surface area contributed by atoms with E-state index in [9.17, 15) is 4.79 Å². The molecule has 1 aliphatic heterocycles. The second-order valence-electron chi connectivity index (χ2n) is 5.97. The zero-order valence-electron chi connectivity index (χ0n) is 12.5. The quantitative estimate of drug-likeness (QED) is 0.874. The van der Waals surface area contributed by atoms with Gasteiger partial charge in [-0.15, -0.1) is 0 Å². The average Bonchev–Trinajstić information content (AvgIpc) is 2.87. The van der Waals surface area contributed by atoms with E-state index in [-0.39, 0.29) is 5.91 Å². The summed E-state index contributed by atoms with van der Waals surface area (Å²) >= 11 is 0. The lowest BCUT2D eigenvalue weighted by Crippen LogP contribution is -2.53. The third kappa shape index (κ3) is 3.38. The van der Waals surface area contributed by atoms with Crippen molar-refractivity contribution in [3.63, 3.8) is 0 Å². The molecule has 0 unspecified atom stereocenters. The predicted molar refractivity (Wildman–Crippen MR) is 80.3 cm³/mol. The zero-order chi connectivity index (χ0) is 14.7. The number of benzene rings is 1. The zero-order valence-corrected chi connectivity index (χ0v) is 12.5. The van der Waals surface area contributed by atoms with Crippen LogP contribution in [-0.2, 0) is 16.0 Å². The van der Waals surface area contributed by atoms with Crippen molar-refractivity contribution in [2.75, 3.05) is 13.7 Å². The van der Waals surface area contributed by atoms with Crippen molar-refractivity contribution in [3.05, 3.63) is 29.8 Å². The van der Waals surface area contributed by atoms with E-state index in [0.717, 1.165) is 38.0 Å². The molecule has 1 amide bonds. The Labute approximate surface area is 125 Å². The summed E-state index contributed by atoms with van der Waals surface area (Å²) in [6.45, 7) is 0.860. The summed E-state index contributed by atoms with van der Waals surface area (Å²) < 4.78 is 10.7.